The molecule has 1 aliphatic rings. The number of sulfone groups is 1. The zero-order chi connectivity index (χ0) is 27.0. The summed E-state index contributed by atoms with van der Waals surface area (Å²) >= 11 is 5.94. The SMILES string of the molecule is CCc1c(C(=O)N2CCOc3ccc(-c4ccc(-c5ncc(Cl)[nH]5)cc4)cc3C2)ccc(S(C)(=O)=O)c1F. The lowest BCUT2D eigenvalue weighted by Gasteiger charge is -2.22. The molecular weight excluding hydrogens is 529 g/mol. The van der Waals surface area contributed by atoms with Crippen molar-refractivity contribution in [2.24, 2.45) is 0 Å². The molecule has 1 amide bonds. The minimum Gasteiger partial charge on any atom is -0.491 e. The number of hydrogen-bond acceptors (Lipinski definition) is 5. The van der Waals surface area contributed by atoms with Crippen molar-refractivity contribution in [1.29, 1.82) is 0 Å². The first-order valence-electron chi connectivity index (χ1n) is 12.0. The number of aromatic nitrogens is 2. The van der Waals surface area contributed by atoms with Crippen LogP contribution < -0.4 is 4.74 Å². The van der Waals surface area contributed by atoms with Gasteiger partial charge in [0.05, 0.1) is 12.7 Å². The number of rotatable bonds is 5. The molecule has 1 N–H and O–H groups in total. The lowest BCUT2D eigenvalue weighted by Crippen LogP contribution is -2.33. The van der Waals surface area contributed by atoms with E-state index in [2.05, 4.69) is 9.97 Å². The van der Waals surface area contributed by atoms with Crippen molar-refractivity contribution in [3.05, 3.63) is 88.5 Å². The average molecular weight is 554 g/mol. The molecule has 1 aromatic heterocycles. The molecule has 0 unspecified atom stereocenters. The monoisotopic (exact) mass is 553 g/mol. The number of H-pyrrole nitrogens is 1. The van der Waals surface area contributed by atoms with Crippen LogP contribution in [0.15, 0.2) is 65.7 Å². The maximum atomic E-state index is 15.1. The van der Waals surface area contributed by atoms with Gasteiger partial charge in [0.1, 0.15) is 34.0 Å². The molecule has 196 valence electrons. The predicted octanol–water partition coefficient (Wildman–Crippen LogP) is 5.54. The molecule has 0 fully saturated rings. The zero-order valence-electron chi connectivity index (χ0n) is 20.8. The van der Waals surface area contributed by atoms with Crippen molar-refractivity contribution in [2.45, 2.75) is 24.8 Å². The fourth-order valence-corrected chi connectivity index (χ4v) is 5.52. The first-order chi connectivity index (χ1) is 18.2. The van der Waals surface area contributed by atoms with E-state index < -0.39 is 20.5 Å². The summed E-state index contributed by atoms with van der Waals surface area (Å²) in [5.41, 5.74) is 3.89. The first kappa shape index (κ1) is 25.9. The fourth-order valence-electron chi connectivity index (χ4n) is 4.62. The Labute approximate surface area is 225 Å². The Kier molecular flexibility index (Phi) is 6.98. The summed E-state index contributed by atoms with van der Waals surface area (Å²) in [5, 5.41) is 0.467. The number of hydrogen-bond donors (Lipinski definition) is 1. The quantitative estimate of drug-likeness (QED) is 0.350. The van der Waals surface area contributed by atoms with E-state index >= 15 is 4.39 Å². The van der Waals surface area contributed by atoms with Gasteiger partial charge in [0, 0.05) is 35.1 Å². The Morgan fingerprint density at radius 3 is 2.47 bits per heavy atom. The summed E-state index contributed by atoms with van der Waals surface area (Å²) in [4.78, 5) is 22.0. The number of fused-ring (bicyclic) bond motifs is 1. The van der Waals surface area contributed by atoms with Crippen LogP contribution in [0.5, 0.6) is 5.75 Å². The van der Waals surface area contributed by atoms with Gasteiger partial charge in [-0.05, 0) is 41.8 Å². The van der Waals surface area contributed by atoms with Crippen molar-refractivity contribution in [3.8, 4) is 28.3 Å². The summed E-state index contributed by atoms with van der Waals surface area (Å²) < 4.78 is 44.9. The largest absolute Gasteiger partial charge is 0.491 e. The first-order valence-corrected chi connectivity index (χ1v) is 14.3. The van der Waals surface area contributed by atoms with Gasteiger partial charge in [-0.25, -0.2) is 17.8 Å². The molecule has 1 aliphatic heterocycles. The minimum absolute atomic E-state index is 0.0926. The van der Waals surface area contributed by atoms with Crippen LogP contribution in [0, 0.1) is 5.82 Å². The van der Waals surface area contributed by atoms with Crippen LogP contribution in [0.4, 0.5) is 4.39 Å². The molecule has 0 saturated heterocycles. The fraction of sp³-hybridized carbons (Fsp3) is 0.214. The number of benzene rings is 3. The Hall–Kier alpha value is -3.69. The van der Waals surface area contributed by atoms with Gasteiger partial charge in [0.15, 0.2) is 9.84 Å². The van der Waals surface area contributed by atoms with Crippen molar-refractivity contribution >= 4 is 27.3 Å². The third-order valence-corrected chi connectivity index (χ3v) is 7.86. The molecule has 0 bridgehead atoms. The summed E-state index contributed by atoms with van der Waals surface area (Å²) in [6.45, 7) is 2.55. The van der Waals surface area contributed by atoms with E-state index in [4.69, 9.17) is 16.3 Å². The highest BCUT2D eigenvalue weighted by Crippen LogP contribution is 2.32. The number of ether oxygens (including phenoxy) is 1. The lowest BCUT2D eigenvalue weighted by atomic mass is 10.00. The summed E-state index contributed by atoms with van der Waals surface area (Å²) in [6.07, 6.45) is 2.69. The van der Waals surface area contributed by atoms with Gasteiger partial charge >= 0.3 is 0 Å². The number of nitrogens with one attached hydrogen (secondary N) is 1. The molecule has 4 aromatic rings. The molecule has 10 heteroatoms. The van der Waals surface area contributed by atoms with Crippen molar-refractivity contribution in [2.75, 3.05) is 19.4 Å². The van der Waals surface area contributed by atoms with E-state index in [-0.39, 0.29) is 36.6 Å². The van der Waals surface area contributed by atoms with Crippen LogP contribution in [-0.4, -0.2) is 48.6 Å². The highest BCUT2D eigenvalue weighted by molar-refractivity contribution is 7.90. The molecule has 0 atom stereocenters. The van der Waals surface area contributed by atoms with E-state index in [9.17, 15) is 13.2 Å². The van der Waals surface area contributed by atoms with Gasteiger partial charge in [-0.2, -0.15) is 0 Å². The summed E-state index contributed by atoms with van der Waals surface area (Å²) in [7, 11) is -3.76. The molecule has 5 rings (SSSR count). The third kappa shape index (κ3) is 5.04. The van der Waals surface area contributed by atoms with Crippen LogP contribution in [0.1, 0.15) is 28.4 Å². The van der Waals surface area contributed by atoms with Crippen LogP contribution >= 0.6 is 11.6 Å². The second kappa shape index (κ2) is 10.2. The predicted molar refractivity (Wildman–Crippen MR) is 144 cm³/mol. The van der Waals surface area contributed by atoms with E-state index in [1.165, 1.54) is 6.07 Å². The van der Waals surface area contributed by atoms with E-state index in [1.807, 2.05) is 42.5 Å². The third-order valence-electron chi connectivity index (χ3n) is 6.56. The number of carbonyl (C=O) groups is 1. The van der Waals surface area contributed by atoms with Crippen LogP contribution in [-0.2, 0) is 22.8 Å². The van der Waals surface area contributed by atoms with Crippen molar-refractivity contribution in [1.82, 2.24) is 14.9 Å². The smallest absolute Gasteiger partial charge is 0.254 e. The molecule has 3 aromatic carbocycles. The second-order valence-corrected chi connectivity index (χ2v) is 11.5. The van der Waals surface area contributed by atoms with Gasteiger partial charge in [-0.15, -0.1) is 0 Å². The van der Waals surface area contributed by atoms with E-state index in [0.717, 1.165) is 34.6 Å². The summed E-state index contributed by atoms with van der Waals surface area (Å²) in [6, 6.07) is 16.2. The highest BCUT2D eigenvalue weighted by atomic mass is 35.5. The number of amides is 1. The molecule has 0 saturated carbocycles. The number of aromatic amines is 1. The van der Waals surface area contributed by atoms with Crippen LogP contribution in [0.25, 0.3) is 22.5 Å². The van der Waals surface area contributed by atoms with Gasteiger partial charge in [0.25, 0.3) is 5.91 Å². The van der Waals surface area contributed by atoms with Crippen LogP contribution in [0.3, 0.4) is 0 Å². The number of imidazole rings is 1. The molecule has 0 radical (unpaired) electrons. The maximum Gasteiger partial charge on any atom is 0.254 e. The summed E-state index contributed by atoms with van der Waals surface area (Å²) in [5.74, 6) is 0.123. The average Bonchev–Trinajstić information content (AvgIpc) is 3.21. The van der Waals surface area contributed by atoms with Gasteiger partial charge in [-0.3, -0.25) is 4.79 Å². The Morgan fingerprint density at radius 2 is 1.82 bits per heavy atom. The normalized spacial score (nSPS) is 13.5. The molecule has 7 nitrogen and oxygen atoms in total. The van der Waals surface area contributed by atoms with Gasteiger partial charge < -0.3 is 14.6 Å². The zero-order valence-corrected chi connectivity index (χ0v) is 22.4. The topological polar surface area (TPSA) is 92.4 Å². The Bertz CT molecular complexity index is 1630. The van der Waals surface area contributed by atoms with Gasteiger partial charge in [-0.1, -0.05) is 48.9 Å². The number of carbonyl (C=O) groups excluding carboxylic acids is 1. The van der Waals surface area contributed by atoms with Gasteiger partial charge in [0.2, 0.25) is 0 Å². The highest BCUT2D eigenvalue weighted by Gasteiger charge is 2.27. The lowest BCUT2D eigenvalue weighted by molar-refractivity contribution is 0.0731. The maximum absolute atomic E-state index is 15.1. The number of nitrogens with zero attached hydrogens (tertiary/aromatic N) is 2. The number of halogens is 2. The Balaban J connectivity index is 1.43. The molecular formula is C28H25ClFN3O4S. The molecule has 2 heterocycles. The standard InChI is InChI=1S/C28H25ClFN3O4S/c1-3-21-22(9-11-24(26(21)30)38(2,35)36)28(34)33-12-13-37-23-10-8-19(14-20(23)16-33)17-4-6-18(7-5-17)27-31-15-25(29)32-27/h4-11,14-15H,3,12-13,16H2,1-2H3,(H,31,32). The molecule has 38 heavy (non-hydrogen) atoms. The van der Waals surface area contributed by atoms with E-state index in [1.54, 1.807) is 18.0 Å². The van der Waals surface area contributed by atoms with Crippen molar-refractivity contribution in [3.63, 3.8) is 0 Å². The second-order valence-electron chi connectivity index (χ2n) is 9.08. The molecule has 0 spiro atoms. The van der Waals surface area contributed by atoms with Crippen LogP contribution in [0.2, 0.25) is 5.15 Å². The van der Waals surface area contributed by atoms with E-state index in [0.29, 0.717) is 23.3 Å². The Morgan fingerprint density at radius 1 is 1.11 bits per heavy atom. The molecule has 0 aliphatic carbocycles. The van der Waals surface area contributed by atoms with Crippen molar-refractivity contribution < 1.29 is 22.3 Å². The minimum atomic E-state index is -3.76.